The van der Waals surface area contributed by atoms with E-state index in [0.717, 1.165) is 22.3 Å². The van der Waals surface area contributed by atoms with Crippen molar-refractivity contribution in [2.45, 2.75) is 45.5 Å². The second-order valence-electron chi connectivity index (χ2n) is 9.87. The van der Waals surface area contributed by atoms with E-state index in [2.05, 4.69) is 27.9 Å². The van der Waals surface area contributed by atoms with E-state index in [0.29, 0.717) is 41.4 Å². The Bertz CT molecular complexity index is 1430. The monoisotopic (exact) mass is 543 g/mol. The molecule has 2 N–H and O–H groups in total. The van der Waals surface area contributed by atoms with E-state index in [-0.39, 0.29) is 11.8 Å². The predicted octanol–water partition coefficient (Wildman–Crippen LogP) is 4.54. The van der Waals surface area contributed by atoms with Crippen LogP contribution in [0.15, 0.2) is 36.5 Å². The third-order valence-electron chi connectivity index (χ3n) is 6.80. The Balaban J connectivity index is 0.000000448. The lowest BCUT2D eigenvalue weighted by molar-refractivity contribution is -0.192. The number of aryl methyl sites for hydroxylation is 1. The van der Waals surface area contributed by atoms with Crippen LogP contribution in [0.4, 0.5) is 13.2 Å². The number of nitrogens with one attached hydrogen (secondary N) is 1. The number of carbonyl (C=O) groups excluding carboxylic acids is 2. The molecule has 3 heterocycles. The summed E-state index contributed by atoms with van der Waals surface area (Å²) in [5.41, 5.74) is 5.70. The molecule has 1 aromatic carbocycles. The van der Waals surface area contributed by atoms with Crippen LogP contribution in [0.3, 0.4) is 0 Å². The van der Waals surface area contributed by atoms with Gasteiger partial charge in [0.2, 0.25) is 0 Å². The summed E-state index contributed by atoms with van der Waals surface area (Å²) in [5, 5.41) is 7.12. The number of carboxylic acids is 1. The third kappa shape index (κ3) is 5.94. The molecule has 2 amide bonds. The highest BCUT2D eigenvalue weighted by molar-refractivity contribution is 5.99. The number of rotatable bonds is 5. The summed E-state index contributed by atoms with van der Waals surface area (Å²) >= 11 is 0. The largest absolute Gasteiger partial charge is 0.490 e. The minimum atomic E-state index is -5.08. The number of H-pyrrole nitrogens is 1. The number of hydrogen-bond acceptors (Lipinski definition) is 5. The molecule has 0 saturated heterocycles. The summed E-state index contributed by atoms with van der Waals surface area (Å²) in [6.45, 7) is 4.67. The molecule has 39 heavy (non-hydrogen) atoms. The van der Waals surface area contributed by atoms with Gasteiger partial charge in [-0.3, -0.25) is 14.6 Å². The lowest BCUT2D eigenvalue weighted by atomic mass is 10.0. The Morgan fingerprint density at radius 2 is 1.79 bits per heavy atom. The molecule has 0 bridgehead atoms. The van der Waals surface area contributed by atoms with Gasteiger partial charge < -0.3 is 19.9 Å². The predicted molar refractivity (Wildman–Crippen MR) is 136 cm³/mol. The van der Waals surface area contributed by atoms with Crippen LogP contribution in [0.2, 0.25) is 0 Å². The van der Waals surface area contributed by atoms with E-state index in [9.17, 15) is 22.8 Å². The zero-order valence-corrected chi connectivity index (χ0v) is 21.8. The van der Waals surface area contributed by atoms with Crippen LogP contribution in [0.25, 0.3) is 22.6 Å². The minimum Gasteiger partial charge on any atom is -0.475 e. The van der Waals surface area contributed by atoms with E-state index in [1.165, 1.54) is 17.7 Å². The quantitative estimate of drug-likeness (QED) is 0.488. The fourth-order valence-electron chi connectivity index (χ4n) is 4.43. The fraction of sp³-hybridized carbons (Fsp3) is 0.370. The van der Waals surface area contributed by atoms with Gasteiger partial charge in [-0.25, -0.2) is 9.78 Å². The normalized spacial score (nSPS) is 15.4. The van der Waals surface area contributed by atoms with Crippen molar-refractivity contribution in [2.75, 3.05) is 14.1 Å². The molecule has 12 heteroatoms. The van der Waals surface area contributed by atoms with Crippen LogP contribution in [0, 0.1) is 12.8 Å². The van der Waals surface area contributed by atoms with Crippen molar-refractivity contribution in [1.29, 1.82) is 0 Å². The maximum absolute atomic E-state index is 12.9. The van der Waals surface area contributed by atoms with Crippen molar-refractivity contribution in [3.8, 4) is 22.6 Å². The van der Waals surface area contributed by atoms with E-state index >= 15 is 0 Å². The fourth-order valence-corrected chi connectivity index (χ4v) is 4.43. The smallest absolute Gasteiger partial charge is 0.475 e. The first-order chi connectivity index (χ1) is 18.3. The highest BCUT2D eigenvalue weighted by Gasteiger charge is 2.39. The molecule has 1 fully saturated rings. The number of carbonyl (C=O) groups is 3. The van der Waals surface area contributed by atoms with Crippen molar-refractivity contribution in [3.05, 3.63) is 59.0 Å². The van der Waals surface area contributed by atoms with Gasteiger partial charge in [-0.2, -0.15) is 13.2 Å². The van der Waals surface area contributed by atoms with E-state index in [1.807, 2.05) is 36.1 Å². The van der Waals surface area contributed by atoms with E-state index in [1.54, 1.807) is 20.3 Å². The molecule has 1 aliphatic heterocycles. The van der Waals surface area contributed by atoms with Gasteiger partial charge in [0.15, 0.2) is 5.82 Å². The molecule has 1 saturated carbocycles. The van der Waals surface area contributed by atoms with Crippen molar-refractivity contribution in [3.63, 3.8) is 0 Å². The summed E-state index contributed by atoms with van der Waals surface area (Å²) in [7, 11) is 3.42. The Kier molecular flexibility index (Phi) is 7.49. The SMILES string of the molecule is Cc1[nH]c(-c2cc(-c3ccc4c(c3)CN([C@@H](C)C3CC3)C4=O)ccn2)nc1C(=O)N(C)C.O=C(O)C(F)(F)F. The maximum atomic E-state index is 12.9. The molecular weight excluding hydrogens is 515 g/mol. The number of aromatic amines is 1. The summed E-state index contributed by atoms with van der Waals surface area (Å²) in [6, 6.07) is 10.3. The van der Waals surface area contributed by atoms with Crippen molar-refractivity contribution in [1.82, 2.24) is 24.8 Å². The standard InChI is InChI=1S/C25H27N5O2.C2HF3O2/c1-14-22(25(32)29(3)4)28-23(27-14)21-12-18(9-10-26-21)17-7-8-20-19(11-17)13-30(24(20)31)15(2)16-5-6-16;3-2(4,5)1(6)7/h7-12,15-16H,5-6,13H2,1-4H3,(H,27,28);(H,6,7)/t15-;/m0./s1. The first-order valence-electron chi connectivity index (χ1n) is 12.3. The molecule has 1 atom stereocenters. The molecule has 0 spiro atoms. The van der Waals surface area contributed by atoms with Crippen molar-refractivity contribution in [2.24, 2.45) is 5.92 Å². The van der Waals surface area contributed by atoms with Crippen LogP contribution < -0.4 is 0 Å². The zero-order valence-electron chi connectivity index (χ0n) is 21.8. The molecule has 206 valence electrons. The molecular formula is C27H28F3N5O4. The van der Waals surface area contributed by atoms with Gasteiger partial charge >= 0.3 is 12.1 Å². The highest BCUT2D eigenvalue weighted by atomic mass is 19.4. The molecule has 3 aromatic rings. The number of amides is 2. The molecule has 0 radical (unpaired) electrons. The van der Waals surface area contributed by atoms with Crippen LogP contribution in [0.5, 0.6) is 0 Å². The lowest BCUT2D eigenvalue weighted by Gasteiger charge is -2.23. The number of hydrogen-bond donors (Lipinski definition) is 2. The van der Waals surface area contributed by atoms with Crippen LogP contribution in [-0.4, -0.2) is 74.0 Å². The third-order valence-corrected chi connectivity index (χ3v) is 6.80. The molecule has 2 aromatic heterocycles. The van der Waals surface area contributed by atoms with Gasteiger partial charge in [-0.1, -0.05) is 6.07 Å². The Morgan fingerprint density at radius 1 is 1.15 bits per heavy atom. The zero-order chi connectivity index (χ0) is 28.6. The van der Waals surface area contributed by atoms with Crippen LogP contribution >= 0.6 is 0 Å². The summed E-state index contributed by atoms with van der Waals surface area (Å²) in [4.78, 5) is 49.8. The number of benzene rings is 1. The number of aromatic nitrogens is 3. The van der Waals surface area contributed by atoms with Gasteiger partial charge in [0, 0.05) is 44.1 Å². The van der Waals surface area contributed by atoms with E-state index < -0.39 is 12.1 Å². The Morgan fingerprint density at radius 3 is 2.38 bits per heavy atom. The number of carboxylic acid groups (broad SMARTS) is 1. The second kappa shape index (κ2) is 10.5. The lowest BCUT2D eigenvalue weighted by Crippen LogP contribution is -2.34. The average Bonchev–Trinajstić information content (AvgIpc) is 3.59. The maximum Gasteiger partial charge on any atom is 0.490 e. The highest BCUT2D eigenvalue weighted by Crippen LogP contribution is 2.39. The number of halogens is 3. The van der Waals surface area contributed by atoms with Gasteiger partial charge in [-0.15, -0.1) is 0 Å². The van der Waals surface area contributed by atoms with Crippen molar-refractivity contribution < 1.29 is 32.7 Å². The Hall–Kier alpha value is -4.22. The molecule has 2 aliphatic rings. The summed E-state index contributed by atoms with van der Waals surface area (Å²) < 4.78 is 31.7. The summed E-state index contributed by atoms with van der Waals surface area (Å²) in [6.07, 6.45) is -0.892. The van der Waals surface area contributed by atoms with E-state index in [4.69, 9.17) is 9.90 Å². The molecule has 5 rings (SSSR count). The first-order valence-corrected chi connectivity index (χ1v) is 12.3. The number of fused-ring (bicyclic) bond motifs is 1. The topological polar surface area (TPSA) is 119 Å². The van der Waals surface area contributed by atoms with Crippen molar-refractivity contribution >= 4 is 17.8 Å². The van der Waals surface area contributed by atoms with Gasteiger partial charge in [0.25, 0.3) is 11.8 Å². The van der Waals surface area contributed by atoms with Gasteiger partial charge in [0.1, 0.15) is 11.4 Å². The number of alkyl halides is 3. The van der Waals surface area contributed by atoms with Crippen LogP contribution in [-0.2, 0) is 11.3 Å². The number of pyridine rings is 1. The molecule has 1 aliphatic carbocycles. The average molecular weight is 544 g/mol. The van der Waals surface area contributed by atoms with Gasteiger partial charge in [0.05, 0.1) is 0 Å². The number of aliphatic carboxylic acids is 1. The molecule has 9 nitrogen and oxygen atoms in total. The summed E-state index contributed by atoms with van der Waals surface area (Å²) in [5.74, 6) is -1.54. The van der Waals surface area contributed by atoms with Crippen LogP contribution in [0.1, 0.15) is 51.9 Å². The number of imidazole rings is 1. The first kappa shape index (κ1) is 27.8. The second-order valence-corrected chi connectivity index (χ2v) is 9.87. The Labute approximate surface area is 222 Å². The molecule has 0 unspecified atom stereocenters. The minimum absolute atomic E-state index is 0.144. The van der Waals surface area contributed by atoms with Gasteiger partial charge in [-0.05, 0) is 73.6 Å². The number of nitrogens with zero attached hydrogens (tertiary/aromatic N) is 4.